The number of likely N-dealkylation sites (tertiary alicyclic amines) is 1. The summed E-state index contributed by atoms with van der Waals surface area (Å²) in [5.41, 5.74) is 2.23. The van der Waals surface area contributed by atoms with Crippen LogP contribution in [0.1, 0.15) is 51.9 Å². The molecule has 0 unspecified atom stereocenters. The van der Waals surface area contributed by atoms with E-state index < -0.39 is 0 Å². The lowest BCUT2D eigenvalue weighted by Gasteiger charge is -2.32. The highest BCUT2D eigenvalue weighted by Crippen LogP contribution is 2.23. The highest BCUT2D eigenvalue weighted by Gasteiger charge is 2.23. The summed E-state index contributed by atoms with van der Waals surface area (Å²) in [6, 6.07) is 2.12. The fraction of sp³-hybridized carbons (Fsp3) is 0.688. The highest BCUT2D eigenvalue weighted by molar-refractivity contribution is 5.73. The quantitative estimate of drug-likeness (QED) is 0.833. The number of nitrogens with zero attached hydrogens (tertiary/aromatic N) is 3. The molecule has 1 aliphatic heterocycles. The summed E-state index contributed by atoms with van der Waals surface area (Å²) < 4.78 is 0. The second-order valence-corrected chi connectivity index (χ2v) is 6.82. The van der Waals surface area contributed by atoms with Gasteiger partial charge in [0.15, 0.2) is 0 Å². The molecule has 2 heterocycles. The van der Waals surface area contributed by atoms with E-state index in [1.807, 2.05) is 4.90 Å². The molecular formula is C16H25N3O. The van der Waals surface area contributed by atoms with Crippen LogP contribution in [-0.2, 0) is 16.6 Å². The largest absolute Gasteiger partial charge is 0.343 e. The van der Waals surface area contributed by atoms with E-state index in [1.54, 1.807) is 13.3 Å². The minimum absolute atomic E-state index is 0.0513. The standard InChI is InChI=1S/C16H25N3O/c1-12(20)19-7-5-6-13(10-19)8-14-9-15(16(2,3)4)18-11-17-14/h9,11,13H,5-8,10H2,1-4H3/t13-/m0/s1. The van der Waals surface area contributed by atoms with E-state index in [0.29, 0.717) is 5.92 Å². The van der Waals surface area contributed by atoms with Crippen LogP contribution in [0, 0.1) is 5.92 Å². The van der Waals surface area contributed by atoms with Gasteiger partial charge in [0.25, 0.3) is 0 Å². The number of aromatic nitrogens is 2. The van der Waals surface area contributed by atoms with Gasteiger partial charge in [-0.2, -0.15) is 0 Å². The monoisotopic (exact) mass is 275 g/mol. The maximum absolute atomic E-state index is 11.5. The van der Waals surface area contributed by atoms with Crippen LogP contribution in [0.2, 0.25) is 0 Å². The van der Waals surface area contributed by atoms with Crippen molar-refractivity contribution < 1.29 is 4.79 Å². The lowest BCUT2D eigenvalue weighted by Crippen LogP contribution is -2.39. The Bertz CT molecular complexity index is 479. The zero-order valence-corrected chi connectivity index (χ0v) is 13.0. The molecule has 0 aromatic carbocycles. The lowest BCUT2D eigenvalue weighted by atomic mass is 9.89. The summed E-state index contributed by atoms with van der Waals surface area (Å²) in [7, 11) is 0. The number of hydrogen-bond donors (Lipinski definition) is 0. The first-order chi connectivity index (χ1) is 9.36. The Morgan fingerprint density at radius 2 is 2.15 bits per heavy atom. The maximum Gasteiger partial charge on any atom is 0.219 e. The van der Waals surface area contributed by atoms with Crippen molar-refractivity contribution in [3.8, 4) is 0 Å². The summed E-state index contributed by atoms with van der Waals surface area (Å²) in [4.78, 5) is 22.2. The van der Waals surface area contributed by atoms with Crippen LogP contribution in [0.4, 0.5) is 0 Å². The van der Waals surface area contributed by atoms with Crippen molar-refractivity contribution in [2.24, 2.45) is 5.92 Å². The fourth-order valence-corrected chi connectivity index (χ4v) is 2.73. The number of carbonyl (C=O) groups is 1. The third-order valence-corrected chi connectivity index (χ3v) is 3.95. The first-order valence-electron chi connectivity index (χ1n) is 7.43. The SMILES string of the molecule is CC(=O)N1CCC[C@@H](Cc2cc(C(C)(C)C)ncn2)C1. The summed E-state index contributed by atoms with van der Waals surface area (Å²) in [5, 5.41) is 0. The van der Waals surface area contributed by atoms with Crippen molar-refractivity contribution in [3.63, 3.8) is 0 Å². The zero-order valence-electron chi connectivity index (χ0n) is 13.0. The van der Waals surface area contributed by atoms with Crippen LogP contribution in [0.15, 0.2) is 12.4 Å². The van der Waals surface area contributed by atoms with Crippen molar-refractivity contribution in [3.05, 3.63) is 23.8 Å². The number of hydrogen-bond acceptors (Lipinski definition) is 3. The van der Waals surface area contributed by atoms with Crippen molar-refractivity contribution in [1.82, 2.24) is 14.9 Å². The molecule has 0 saturated carbocycles. The van der Waals surface area contributed by atoms with E-state index in [2.05, 4.69) is 36.8 Å². The van der Waals surface area contributed by atoms with Crippen LogP contribution in [0.25, 0.3) is 0 Å². The second-order valence-electron chi connectivity index (χ2n) is 6.82. The second kappa shape index (κ2) is 5.90. The zero-order chi connectivity index (χ0) is 14.8. The van der Waals surface area contributed by atoms with Gasteiger partial charge in [0.05, 0.1) is 0 Å². The topological polar surface area (TPSA) is 46.1 Å². The molecule has 20 heavy (non-hydrogen) atoms. The Morgan fingerprint density at radius 3 is 2.80 bits per heavy atom. The lowest BCUT2D eigenvalue weighted by molar-refractivity contribution is -0.130. The van der Waals surface area contributed by atoms with Crippen molar-refractivity contribution in [2.75, 3.05) is 13.1 Å². The summed E-state index contributed by atoms with van der Waals surface area (Å²) in [6.45, 7) is 9.92. The Morgan fingerprint density at radius 1 is 1.40 bits per heavy atom. The Hall–Kier alpha value is -1.45. The number of carbonyl (C=O) groups excluding carboxylic acids is 1. The average molecular weight is 275 g/mol. The van der Waals surface area contributed by atoms with Gasteiger partial charge in [-0.25, -0.2) is 9.97 Å². The Labute approximate surface area is 121 Å². The van der Waals surface area contributed by atoms with Gasteiger partial charge in [0, 0.05) is 36.8 Å². The first-order valence-corrected chi connectivity index (χ1v) is 7.43. The molecule has 1 saturated heterocycles. The number of amides is 1. The summed E-state index contributed by atoms with van der Waals surface area (Å²) in [6.07, 6.45) is 4.89. The van der Waals surface area contributed by atoms with E-state index in [1.165, 1.54) is 6.42 Å². The van der Waals surface area contributed by atoms with Crippen LogP contribution >= 0.6 is 0 Å². The van der Waals surface area contributed by atoms with Gasteiger partial charge in [-0.05, 0) is 31.2 Å². The van der Waals surface area contributed by atoms with Crippen LogP contribution in [-0.4, -0.2) is 33.9 Å². The average Bonchev–Trinajstić information content (AvgIpc) is 2.38. The molecule has 2 rings (SSSR count). The van der Waals surface area contributed by atoms with E-state index in [9.17, 15) is 4.79 Å². The molecule has 1 fully saturated rings. The molecule has 0 N–H and O–H groups in total. The molecule has 0 aliphatic carbocycles. The van der Waals surface area contributed by atoms with Gasteiger partial charge in [0.1, 0.15) is 6.33 Å². The van der Waals surface area contributed by atoms with Gasteiger partial charge >= 0.3 is 0 Å². The van der Waals surface area contributed by atoms with Gasteiger partial charge < -0.3 is 4.90 Å². The first kappa shape index (κ1) is 14.9. The summed E-state index contributed by atoms with van der Waals surface area (Å²) in [5.74, 6) is 0.711. The predicted molar refractivity (Wildman–Crippen MR) is 79.4 cm³/mol. The van der Waals surface area contributed by atoms with Crippen molar-refractivity contribution in [2.45, 2.75) is 52.4 Å². The minimum atomic E-state index is 0.0513. The van der Waals surface area contributed by atoms with Gasteiger partial charge in [-0.15, -0.1) is 0 Å². The van der Waals surface area contributed by atoms with Crippen molar-refractivity contribution in [1.29, 1.82) is 0 Å². The van der Waals surface area contributed by atoms with E-state index in [-0.39, 0.29) is 11.3 Å². The third kappa shape index (κ3) is 3.78. The molecule has 1 amide bonds. The minimum Gasteiger partial charge on any atom is -0.343 e. The molecule has 1 atom stereocenters. The maximum atomic E-state index is 11.5. The van der Waals surface area contributed by atoms with E-state index >= 15 is 0 Å². The van der Waals surface area contributed by atoms with Crippen molar-refractivity contribution >= 4 is 5.91 Å². The molecular weight excluding hydrogens is 250 g/mol. The van der Waals surface area contributed by atoms with Gasteiger partial charge in [-0.3, -0.25) is 4.79 Å². The van der Waals surface area contributed by atoms with Gasteiger partial charge in [-0.1, -0.05) is 20.8 Å². The Kier molecular flexibility index (Phi) is 4.41. The highest BCUT2D eigenvalue weighted by atomic mass is 16.2. The number of piperidine rings is 1. The molecule has 0 radical (unpaired) electrons. The molecule has 1 aromatic heterocycles. The van der Waals surface area contributed by atoms with Crippen LogP contribution in [0.3, 0.4) is 0 Å². The van der Waals surface area contributed by atoms with Crippen LogP contribution < -0.4 is 0 Å². The smallest absolute Gasteiger partial charge is 0.219 e. The fourth-order valence-electron chi connectivity index (χ4n) is 2.73. The third-order valence-electron chi connectivity index (χ3n) is 3.95. The molecule has 1 aliphatic rings. The molecule has 110 valence electrons. The molecule has 4 heteroatoms. The predicted octanol–water partition coefficient (Wildman–Crippen LogP) is 2.58. The van der Waals surface area contributed by atoms with E-state index in [0.717, 1.165) is 37.3 Å². The van der Waals surface area contributed by atoms with E-state index in [4.69, 9.17) is 0 Å². The molecule has 4 nitrogen and oxygen atoms in total. The molecule has 0 spiro atoms. The normalized spacial score (nSPS) is 20.0. The summed E-state index contributed by atoms with van der Waals surface area (Å²) >= 11 is 0. The number of rotatable bonds is 2. The molecule has 1 aromatic rings. The van der Waals surface area contributed by atoms with Crippen LogP contribution in [0.5, 0.6) is 0 Å². The molecule has 0 bridgehead atoms. The Balaban J connectivity index is 2.04. The van der Waals surface area contributed by atoms with Gasteiger partial charge in [0.2, 0.25) is 5.91 Å².